The smallest absolute Gasteiger partial charge is 0.243 e. The van der Waals surface area contributed by atoms with Crippen molar-refractivity contribution in [2.75, 3.05) is 17.2 Å². The van der Waals surface area contributed by atoms with E-state index in [4.69, 9.17) is 0 Å². The van der Waals surface area contributed by atoms with E-state index in [-0.39, 0.29) is 18.3 Å². The lowest BCUT2D eigenvalue weighted by molar-refractivity contribution is -0.114. The molecular formula is C16H17FN2O. The Morgan fingerprint density at radius 2 is 1.70 bits per heavy atom. The molecule has 0 saturated carbocycles. The largest absolute Gasteiger partial charge is 0.374 e. The van der Waals surface area contributed by atoms with Gasteiger partial charge in [-0.15, -0.1) is 0 Å². The molecule has 0 bridgehead atoms. The SMILES string of the molecule is Cc1ccc(NC(=O)CNc2ccc(C)cc2F)cc1. The summed E-state index contributed by atoms with van der Waals surface area (Å²) in [5, 5.41) is 5.53. The molecular weight excluding hydrogens is 255 g/mol. The first-order valence-electron chi connectivity index (χ1n) is 6.41. The lowest BCUT2D eigenvalue weighted by atomic mass is 10.2. The molecule has 0 aliphatic heterocycles. The van der Waals surface area contributed by atoms with Crippen LogP contribution in [0.15, 0.2) is 42.5 Å². The first kappa shape index (κ1) is 14.1. The Bertz CT molecular complexity index is 608. The zero-order valence-electron chi connectivity index (χ0n) is 11.5. The second kappa shape index (κ2) is 6.19. The number of anilines is 2. The molecule has 2 aromatic carbocycles. The number of aryl methyl sites for hydroxylation is 2. The van der Waals surface area contributed by atoms with Crippen LogP contribution in [0.3, 0.4) is 0 Å². The zero-order valence-corrected chi connectivity index (χ0v) is 11.5. The van der Waals surface area contributed by atoms with Crippen molar-refractivity contribution in [2.45, 2.75) is 13.8 Å². The Labute approximate surface area is 117 Å². The molecule has 20 heavy (non-hydrogen) atoms. The number of carbonyl (C=O) groups is 1. The van der Waals surface area contributed by atoms with E-state index in [0.29, 0.717) is 5.69 Å². The van der Waals surface area contributed by atoms with Crippen molar-refractivity contribution >= 4 is 17.3 Å². The molecule has 0 fully saturated rings. The number of halogens is 1. The molecule has 2 rings (SSSR count). The molecule has 0 heterocycles. The fraction of sp³-hybridized carbons (Fsp3) is 0.188. The summed E-state index contributed by atoms with van der Waals surface area (Å²) in [4.78, 5) is 11.8. The fourth-order valence-electron chi connectivity index (χ4n) is 1.78. The van der Waals surface area contributed by atoms with Gasteiger partial charge in [0.15, 0.2) is 0 Å². The average Bonchev–Trinajstić information content (AvgIpc) is 2.40. The summed E-state index contributed by atoms with van der Waals surface area (Å²) in [6.07, 6.45) is 0. The quantitative estimate of drug-likeness (QED) is 0.894. The number of hydrogen-bond acceptors (Lipinski definition) is 2. The highest BCUT2D eigenvalue weighted by molar-refractivity contribution is 5.93. The first-order chi connectivity index (χ1) is 9.54. The zero-order chi connectivity index (χ0) is 14.5. The van der Waals surface area contributed by atoms with Gasteiger partial charge in [0, 0.05) is 5.69 Å². The van der Waals surface area contributed by atoms with Crippen LogP contribution in [0.4, 0.5) is 15.8 Å². The van der Waals surface area contributed by atoms with E-state index in [1.54, 1.807) is 12.1 Å². The van der Waals surface area contributed by atoms with Gasteiger partial charge < -0.3 is 10.6 Å². The maximum atomic E-state index is 13.6. The minimum atomic E-state index is -0.354. The summed E-state index contributed by atoms with van der Waals surface area (Å²) >= 11 is 0. The second-order valence-corrected chi connectivity index (χ2v) is 4.75. The predicted molar refractivity (Wildman–Crippen MR) is 79.4 cm³/mol. The molecule has 4 heteroatoms. The molecule has 0 aromatic heterocycles. The van der Waals surface area contributed by atoms with Gasteiger partial charge in [0.25, 0.3) is 0 Å². The normalized spacial score (nSPS) is 10.2. The Kier molecular flexibility index (Phi) is 4.35. The molecule has 0 aliphatic rings. The molecule has 104 valence electrons. The van der Waals surface area contributed by atoms with Gasteiger partial charge >= 0.3 is 0 Å². The lowest BCUT2D eigenvalue weighted by Crippen LogP contribution is -2.22. The highest BCUT2D eigenvalue weighted by atomic mass is 19.1. The van der Waals surface area contributed by atoms with Gasteiger partial charge in [-0.2, -0.15) is 0 Å². The number of hydrogen-bond donors (Lipinski definition) is 2. The summed E-state index contributed by atoms with van der Waals surface area (Å²) in [7, 11) is 0. The van der Waals surface area contributed by atoms with Crippen LogP contribution < -0.4 is 10.6 Å². The minimum absolute atomic E-state index is 0.0217. The average molecular weight is 272 g/mol. The number of amides is 1. The van der Waals surface area contributed by atoms with Crippen molar-refractivity contribution < 1.29 is 9.18 Å². The van der Waals surface area contributed by atoms with Crippen LogP contribution in [-0.2, 0) is 4.79 Å². The van der Waals surface area contributed by atoms with Gasteiger partial charge in [-0.05, 0) is 43.7 Å². The van der Waals surface area contributed by atoms with Crippen LogP contribution in [-0.4, -0.2) is 12.5 Å². The maximum Gasteiger partial charge on any atom is 0.243 e. The van der Waals surface area contributed by atoms with E-state index in [1.807, 2.05) is 38.1 Å². The van der Waals surface area contributed by atoms with Crippen molar-refractivity contribution in [2.24, 2.45) is 0 Å². The molecule has 0 atom stereocenters. The van der Waals surface area contributed by atoms with Gasteiger partial charge in [0.2, 0.25) is 5.91 Å². The standard InChI is InChI=1S/C16H17FN2O/c1-11-3-6-13(7-4-11)19-16(20)10-18-15-8-5-12(2)9-14(15)17/h3-9,18H,10H2,1-2H3,(H,19,20). The minimum Gasteiger partial charge on any atom is -0.374 e. The van der Waals surface area contributed by atoms with Crippen molar-refractivity contribution in [1.82, 2.24) is 0 Å². The lowest BCUT2D eigenvalue weighted by Gasteiger charge is -2.09. The fourth-order valence-corrected chi connectivity index (χ4v) is 1.78. The van der Waals surface area contributed by atoms with Crippen molar-refractivity contribution in [3.8, 4) is 0 Å². The van der Waals surface area contributed by atoms with Gasteiger partial charge in [0.05, 0.1) is 12.2 Å². The number of carbonyl (C=O) groups excluding carboxylic acids is 1. The van der Waals surface area contributed by atoms with Crippen LogP contribution in [0.25, 0.3) is 0 Å². The van der Waals surface area contributed by atoms with Gasteiger partial charge in [-0.25, -0.2) is 4.39 Å². The summed E-state index contributed by atoms with van der Waals surface area (Å²) in [5.41, 5.74) is 3.03. The molecule has 3 nitrogen and oxygen atoms in total. The van der Waals surface area contributed by atoms with Gasteiger partial charge in [-0.3, -0.25) is 4.79 Å². The van der Waals surface area contributed by atoms with Crippen molar-refractivity contribution in [3.05, 3.63) is 59.4 Å². The van der Waals surface area contributed by atoms with E-state index >= 15 is 0 Å². The molecule has 2 N–H and O–H groups in total. The van der Waals surface area contributed by atoms with E-state index < -0.39 is 0 Å². The third-order valence-corrected chi connectivity index (χ3v) is 2.90. The molecule has 0 aliphatic carbocycles. The predicted octanol–water partition coefficient (Wildman–Crippen LogP) is 3.49. The van der Waals surface area contributed by atoms with Gasteiger partial charge in [-0.1, -0.05) is 23.8 Å². The summed E-state index contributed by atoms with van der Waals surface area (Å²) in [6.45, 7) is 3.82. The van der Waals surface area contributed by atoms with Crippen LogP contribution >= 0.6 is 0 Å². The van der Waals surface area contributed by atoms with Crippen LogP contribution in [0.1, 0.15) is 11.1 Å². The number of rotatable bonds is 4. The molecule has 0 unspecified atom stereocenters. The highest BCUT2D eigenvalue weighted by Gasteiger charge is 2.05. The molecule has 0 radical (unpaired) electrons. The van der Waals surface area contributed by atoms with Crippen molar-refractivity contribution in [1.29, 1.82) is 0 Å². The topological polar surface area (TPSA) is 41.1 Å². The van der Waals surface area contributed by atoms with E-state index in [9.17, 15) is 9.18 Å². The van der Waals surface area contributed by atoms with E-state index in [1.165, 1.54) is 6.07 Å². The summed E-state index contributed by atoms with van der Waals surface area (Å²) in [6, 6.07) is 12.4. The third kappa shape index (κ3) is 3.82. The molecule has 0 saturated heterocycles. The third-order valence-electron chi connectivity index (χ3n) is 2.90. The van der Waals surface area contributed by atoms with Crippen LogP contribution in [0.5, 0.6) is 0 Å². The molecule has 2 aromatic rings. The molecule has 0 spiro atoms. The monoisotopic (exact) mass is 272 g/mol. The maximum absolute atomic E-state index is 13.6. The molecule has 1 amide bonds. The van der Waals surface area contributed by atoms with Gasteiger partial charge in [0.1, 0.15) is 5.82 Å². The van der Waals surface area contributed by atoms with E-state index in [0.717, 1.165) is 16.8 Å². The van der Waals surface area contributed by atoms with Crippen LogP contribution in [0.2, 0.25) is 0 Å². The Morgan fingerprint density at radius 3 is 2.35 bits per heavy atom. The summed E-state index contributed by atoms with van der Waals surface area (Å²) in [5.74, 6) is -0.568. The second-order valence-electron chi connectivity index (χ2n) is 4.75. The van der Waals surface area contributed by atoms with Crippen molar-refractivity contribution in [3.63, 3.8) is 0 Å². The number of benzene rings is 2. The Balaban J connectivity index is 1.90. The summed E-state index contributed by atoms with van der Waals surface area (Å²) < 4.78 is 13.6. The number of nitrogens with one attached hydrogen (secondary N) is 2. The highest BCUT2D eigenvalue weighted by Crippen LogP contribution is 2.15. The Morgan fingerprint density at radius 1 is 1.05 bits per heavy atom. The Hall–Kier alpha value is -2.36. The first-order valence-corrected chi connectivity index (χ1v) is 6.41. The van der Waals surface area contributed by atoms with Crippen LogP contribution in [0, 0.1) is 19.7 Å². The van der Waals surface area contributed by atoms with E-state index in [2.05, 4.69) is 10.6 Å².